The van der Waals surface area contributed by atoms with E-state index in [9.17, 15) is 13.2 Å². The summed E-state index contributed by atoms with van der Waals surface area (Å²) >= 11 is 0. The Balaban J connectivity index is 2.20. The van der Waals surface area contributed by atoms with E-state index >= 15 is 0 Å². The third-order valence-electron chi connectivity index (χ3n) is 3.85. The number of aromatic amines is 1. The number of carbonyl (C=O) groups excluding carboxylic acids is 1. The Labute approximate surface area is 124 Å². The highest BCUT2D eigenvalue weighted by atomic mass is 32.2. The van der Waals surface area contributed by atoms with Crippen molar-refractivity contribution in [3.63, 3.8) is 0 Å². The van der Waals surface area contributed by atoms with Crippen LogP contribution in [0.3, 0.4) is 0 Å². The van der Waals surface area contributed by atoms with E-state index in [0.29, 0.717) is 18.2 Å². The summed E-state index contributed by atoms with van der Waals surface area (Å²) < 4.78 is 23.5. The molecule has 8 heteroatoms. The van der Waals surface area contributed by atoms with Crippen LogP contribution >= 0.6 is 0 Å². The van der Waals surface area contributed by atoms with Crippen LogP contribution < -0.4 is 10.5 Å². The summed E-state index contributed by atoms with van der Waals surface area (Å²) in [4.78, 5) is 12.0. The number of nitrogens with one attached hydrogen (secondary N) is 2. The molecule has 1 aromatic heterocycles. The first-order chi connectivity index (χ1) is 9.80. The van der Waals surface area contributed by atoms with Crippen LogP contribution in [0.5, 0.6) is 0 Å². The number of hydrogen-bond donors (Lipinski definition) is 3. The number of H-pyrrole nitrogens is 1. The quantitative estimate of drug-likeness (QED) is 0.754. The Morgan fingerprint density at radius 3 is 2.57 bits per heavy atom. The average Bonchev–Trinajstić information content (AvgIpc) is 3.03. The number of primary sulfonamides is 1. The molecule has 1 aliphatic carbocycles. The highest BCUT2D eigenvalue weighted by Gasteiger charge is 2.29. The molecule has 1 heterocycles. The summed E-state index contributed by atoms with van der Waals surface area (Å²) in [6.07, 6.45) is 4.56. The van der Waals surface area contributed by atoms with Crippen LogP contribution in [0.15, 0.2) is 4.90 Å². The van der Waals surface area contributed by atoms with Gasteiger partial charge in [-0.25, -0.2) is 13.6 Å². The standard InChI is InChI=1S/C13H22N4O3S/c1-8(2)10-12(21(14,19)20)11(17-16-10)13(18)15-7-9-5-3-4-6-9/h8-9H,3-7H2,1-2H3,(H,15,18)(H,16,17)(H2,14,19,20). The van der Waals surface area contributed by atoms with E-state index in [-0.39, 0.29) is 16.5 Å². The van der Waals surface area contributed by atoms with Gasteiger partial charge in [-0.2, -0.15) is 5.10 Å². The lowest BCUT2D eigenvalue weighted by molar-refractivity contribution is 0.0939. The van der Waals surface area contributed by atoms with E-state index in [2.05, 4.69) is 15.5 Å². The molecule has 0 aliphatic heterocycles. The molecular formula is C13H22N4O3S. The molecule has 0 atom stereocenters. The number of amides is 1. The average molecular weight is 314 g/mol. The van der Waals surface area contributed by atoms with Crippen molar-refractivity contribution in [2.75, 3.05) is 6.54 Å². The molecule has 0 saturated heterocycles. The maximum atomic E-state index is 12.2. The molecule has 0 aromatic carbocycles. The molecule has 2 rings (SSSR count). The van der Waals surface area contributed by atoms with E-state index in [0.717, 1.165) is 12.8 Å². The van der Waals surface area contributed by atoms with Gasteiger partial charge in [0, 0.05) is 6.54 Å². The number of carbonyl (C=O) groups is 1. The second kappa shape index (κ2) is 6.15. The molecule has 1 fully saturated rings. The van der Waals surface area contributed by atoms with Gasteiger partial charge < -0.3 is 5.32 Å². The van der Waals surface area contributed by atoms with Gasteiger partial charge in [-0.1, -0.05) is 26.7 Å². The molecule has 1 amide bonds. The molecule has 0 bridgehead atoms. The van der Waals surface area contributed by atoms with Gasteiger partial charge in [0.2, 0.25) is 10.0 Å². The van der Waals surface area contributed by atoms with Gasteiger partial charge in [0.05, 0.1) is 5.69 Å². The zero-order chi connectivity index (χ0) is 15.6. The number of rotatable bonds is 5. The summed E-state index contributed by atoms with van der Waals surface area (Å²) in [7, 11) is -4.00. The number of hydrogen-bond acceptors (Lipinski definition) is 4. The zero-order valence-corrected chi connectivity index (χ0v) is 13.2. The maximum absolute atomic E-state index is 12.2. The van der Waals surface area contributed by atoms with Gasteiger partial charge in [0.25, 0.3) is 5.91 Å². The van der Waals surface area contributed by atoms with Crippen molar-refractivity contribution in [3.8, 4) is 0 Å². The van der Waals surface area contributed by atoms with E-state index in [1.807, 2.05) is 13.8 Å². The topological polar surface area (TPSA) is 118 Å². The number of nitrogens with zero attached hydrogens (tertiary/aromatic N) is 1. The predicted octanol–water partition coefficient (Wildman–Crippen LogP) is 1.10. The smallest absolute Gasteiger partial charge is 0.273 e. The first-order valence-corrected chi connectivity index (χ1v) is 8.74. The minimum absolute atomic E-state index is 0.123. The summed E-state index contributed by atoms with van der Waals surface area (Å²) in [6, 6.07) is 0. The molecule has 118 valence electrons. The van der Waals surface area contributed by atoms with Gasteiger partial charge in [0.1, 0.15) is 4.90 Å². The van der Waals surface area contributed by atoms with Crippen LogP contribution in [0.1, 0.15) is 61.6 Å². The number of aromatic nitrogens is 2. The van der Waals surface area contributed by atoms with Crippen molar-refractivity contribution < 1.29 is 13.2 Å². The Bertz CT molecular complexity index is 615. The van der Waals surface area contributed by atoms with E-state index in [1.54, 1.807) is 0 Å². The molecule has 7 nitrogen and oxygen atoms in total. The van der Waals surface area contributed by atoms with Gasteiger partial charge >= 0.3 is 0 Å². The number of sulfonamides is 1. The Morgan fingerprint density at radius 1 is 1.43 bits per heavy atom. The van der Waals surface area contributed by atoms with Crippen LogP contribution in [0, 0.1) is 5.92 Å². The molecule has 0 spiro atoms. The lowest BCUT2D eigenvalue weighted by Gasteiger charge is -2.10. The minimum Gasteiger partial charge on any atom is -0.350 e. The third kappa shape index (κ3) is 3.62. The third-order valence-corrected chi connectivity index (χ3v) is 4.83. The fraction of sp³-hybridized carbons (Fsp3) is 0.692. The molecular weight excluding hydrogens is 292 g/mol. The monoisotopic (exact) mass is 314 g/mol. The second-order valence-electron chi connectivity index (χ2n) is 5.88. The summed E-state index contributed by atoms with van der Waals surface area (Å²) in [5.74, 6) is -0.147. The molecule has 0 radical (unpaired) electrons. The summed E-state index contributed by atoms with van der Waals surface area (Å²) in [5.41, 5.74) is 0.225. The van der Waals surface area contributed by atoms with Gasteiger partial charge in [-0.15, -0.1) is 0 Å². The first-order valence-electron chi connectivity index (χ1n) is 7.20. The van der Waals surface area contributed by atoms with Gasteiger partial charge in [0.15, 0.2) is 5.69 Å². The van der Waals surface area contributed by atoms with Crippen LogP contribution in [0.25, 0.3) is 0 Å². The predicted molar refractivity (Wildman–Crippen MR) is 78.3 cm³/mol. The highest BCUT2D eigenvalue weighted by molar-refractivity contribution is 7.89. The van der Waals surface area contributed by atoms with Crippen molar-refractivity contribution >= 4 is 15.9 Å². The molecule has 21 heavy (non-hydrogen) atoms. The summed E-state index contributed by atoms with van der Waals surface area (Å²) in [6.45, 7) is 4.16. The Hall–Kier alpha value is -1.41. The zero-order valence-electron chi connectivity index (χ0n) is 12.3. The van der Waals surface area contributed by atoms with Gasteiger partial charge in [-0.3, -0.25) is 9.89 Å². The maximum Gasteiger partial charge on any atom is 0.273 e. The molecule has 4 N–H and O–H groups in total. The van der Waals surface area contributed by atoms with Gasteiger partial charge in [-0.05, 0) is 24.7 Å². The van der Waals surface area contributed by atoms with Crippen molar-refractivity contribution in [2.45, 2.75) is 50.3 Å². The van der Waals surface area contributed by atoms with Crippen LogP contribution in [-0.4, -0.2) is 31.1 Å². The lowest BCUT2D eigenvalue weighted by atomic mass is 10.1. The Kier molecular flexibility index (Phi) is 4.67. The van der Waals surface area contributed by atoms with E-state index < -0.39 is 15.9 Å². The van der Waals surface area contributed by atoms with E-state index in [4.69, 9.17) is 5.14 Å². The SMILES string of the molecule is CC(C)c1[nH]nc(C(=O)NCC2CCCC2)c1S(N)(=O)=O. The fourth-order valence-electron chi connectivity index (χ4n) is 2.71. The van der Waals surface area contributed by atoms with E-state index in [1.165, 1.54) is 12.8 Å². The van der Waals surface area contributed by atoms with Crippen LogP contribution in [0.2, 0.25) is 0 Å². The molecule has 0 unspecified atom stereocenters. The van der Waals surface area contributed by atoms with Crippen molar-refractivity contribution in [1.82, 2.24) is 15.5 Å². The molecule has 1 aromatic rings. The molecule has 1 aliphatic rings. The fourth-order valence-corrected chi connectivity index (χ4v) is 3.71. The van der Waals surface area contributed by atoms with Crippen LogP contribution in [-0.2, 0) is 10.0 Å². The van der Waals surface area contributed by atoms with Crippen molar-refractivity contribution in [2.24, 2.45) is 11.1 Å². The normalized spacial score (nSPS) is 16.6. The minimum atomic E-state index is -4.00. The number of nitrogens with two attached hydrogens (primary N) is 1. The van der Waals surface area contributed by atoms with Crippen molar-refractivity contribution in [1.29, 1.82) is 0 Å². The first kappa shape index (κ1) is 16.0. The summed E-state index contributed by atoms with van der Waals surface area (Å²) in [5, 5.41) is 14.5. The second-order valence-corrected chi connectivity index (χ2v) is 7.37. The van der Waals surface area contributed by atoms with Crippen LogP contribution in [0.4, 0.5) is 0 Å². The Morgan fingerprint density at radius 2 is 2.05 bits per heavy atom. The van der Waals surface area contributed by atoms with Crippen molar-refractivity contribution in [3.05, 3.63) is 11.4 Å². The highest BCUT2D eigenvalue weighted by Crippen LogP contribution is 2.25. The lowest BCUT2D eigenvalue weighted by Crippen LogP contribution is -2.30. The molecule has 1 saturated carbocycles. The largest absolute Gasteiger partial charge is 0.350 e.